The fraction of sp³-hybridized carbons (Fsp3) is 0.400. The van der Waals surface area contributed by atoms with Gasteiger partial charge >= 0.3 is 11.8 Å². The Bertz CT molecular complexity index is 372. The van der Waals surface area contributed by atoms with E-state index >= 15 is 0 Å². The molecule has 0 radical (unpaired) electrons. The van der Waals surface area contributed by atoms with Crippen LogP contribution in [0.1, 0.15) is 17.9 Å². The summed E-state index contributed by atoms with van der Waals surface area (Å²) >= 11 is 5.57. The van der Waals surface area contributed by atoms with Crippen molar-refractivity contribution in [2.75, 3.05) is 0 Å². The van der Waals surface area contributed by atoms with E-state index in [-0.39, 0.29) is 5.56 Å². The van der Waals surface area contributed by atoms with Gasteiger partial charge in [-0.3, -0.25) is 0 Å². The van der Waals surface area contributed by atoms with E-state index < -0.39 is 24.2 Å². The zero-order valence-electron chi connectivity index (χ0n) is 7.48. The third-order valence-electron chi connectivity index (χ3n) is 2.66. The lowest BCUT2D eigenvalue weighted by molar-refractivity contribution is -0.290. The van der Waals surface area contributed by atoms with Gasteiger partial charge in [0.15, 0.2) is 0 Å². The Balaban J connectivity index is 2.25. The quantitative estimate of drug-likeness (QED) is 0.646. The van der Waals surface area contributed by atoms with Gasteiger partial charge in [0.1, 0.15) is 0 Å². The molecule has 1 aliphatic rings. The van der Waals surface area contributed by atoms with Gasteiger partial charge in [0.2, 0.25) is 0 Å². The lowest BCUT2D eigenvalue weighted by Gasteiger charge is -2.44. The van der Waals surface area contributed by atoms with Crippen molar-refractivity contribution in [2.45, 2.75) is 24.2 Å². The molecular formula is C10H7ClF4. The molecule has 1 saturated carbocycles. The summed E-state index contributed by atoms with van der Waals surface area (Å²) in [5.74, 6) is -9.22. The van der Waals surface area contributed by atoms with Crippen molar-refractivity contribution in [1.82, 2.24) is 0 Å². The molecule has 2 rings (SSSR count). The van der Waals surface area contributed by atoms with Crippen LogP contribution in [0.2, 0.25) is 5.02 Å². The maximum Gasteiger partial charge on any atom is 0.317 e. The van der Waals surface area contributed by atoms with Crippen LogP contribution >= 0.6 is 11.6 Å². The minimum atomic E-state index is -3.94. The van der Waals surface area contributed by atoms with E-state index in [4.69, 9.17) is 11.6 Å². The molecular weight excluding hydrogens is 232 g/mol. The second-order valence-corrected chi connectivity index (χ2v) is 4.07. The van der Waals surface area contributed by atoms with Gasteiger partial charge in [0.25, 0.3) is 0 Å². The molecule has 0 N–H and O–H groups in total. The number of alkyl halides is 4. The summed E-state index contributed by atoms with van der Waals surface area (Å²) in [6.07, 6.45) is -0.804. The lowest BCUT2D eigenvalue weighted by atomic mass is 9.73. The molecule has 1 aliphatic carbocycles. The van der Waals surface area contributed by atoms with Gasteiger partial charge < -0.3 is 0 Å². The minimum absolute atomic E-state index is 0.204. The third-order valence-corrected chi connectivity index (χ3v) is 2.91. The second-order valence-electron chi connectivity index (χ2n) is 3.64. The monoisotopic (exact) mass is 238 g/mol. The van der Waals surface area contributed by atoms with Crippen LogP contribution in [0.4, 0.5) is 17.6 Å². The molecule has 0 amide bonds. The zero-order chi connectivity index (χ0) is 11.3. The maximum atomic E-state index is 13.0. The molecule has 15 heavy (non-hydrogen) atoms. The first-order valence-electron chi connectivity index (χ1n) is 4.36. The Labute approximate surface area is 88.9 Å². The van der Waals surface area contributed by atoms with Crippen molar-refractivity contribution in [3.8, 4) is 0 Å². The van der Waals surface area contributed by atoms with Crippen molar-refractivity contribution in [2.24, 2.45) is 0 Å². The molecule has 82 valence electrons. The van der Waals surface area contributed by atoms with Gasteiger partial charge in [0.05, 0.1) is 5.92 Å². The van der Waals surface area contributed by atoms with Crippen molar-refractivity contribution in [1.29, 1.82) is 0 Å². The minimum Gasteiger partial charge on any atom is -0.200 e. The molecule has 0 saturated heterocycles. The van der Waals surface area contributed by atoms with E-state index in [9.17, 15) is 17.6 Å². The first-order chi connectivity index (χ1) is 6.84. The number of hydrogen-bond donors (Lipinski definition) is 0. The third kappa shape index (κ3) is 1.51. The number of rotatable bonds is 1. The standard InChI is InChI=1S/C10H7ClF4/c11-7-3-1-6(2-4-7)8-5-9(12,13)10(8,14)15/h1-4,8H,5H2/t8-/m1/s1. The summed E-state index contributed by atoms with van der Waals surface area (Å²) in [5, 5.41) is 0.396. The molecule has 1 atom stereocenters. The van der Waals surface area contributed by atoms with Gasteiger partial charge in [-0.25, -0.2) is 0 Å². The molecule has 1 fully saturated rings. The van der Waals surface area contributed by atoms with Crippen LogP contribution < -0.4 is 0 Å². The lowest BCUT2D eigenvalue weighted by Crippen LogP contribution is -2.56. The molecule has 0 bridgehead atoms. The number of benzene rings is 1. The molecule has 0 spiro atoms. The number of hydrogen-bond acceptors (Lipinski definition) is 0. The van der Waals surface area contributed by atoms with Crippen LogP contribution in [0.25, 0.3) is 0 Å². The molecule has 0 aliphatic heterocycles. The van der Waals surface area contributed by atoms with E-state index in [0.29, 0.717) is 5.02 Å². The molecule has 0 nitrogen and oxygen atoms in total. The van der Waals surface area contributed by atoms with E-state index in [1.165, 1.54) is 24.3 Å². The summed E-state index contributed by atoms with van der Waals surface area (Å²) in [4.78, 5) is 0. The highest BCUT2D eigenvalue weighted by molar-refractivity contribution is 6.30. The summed E-state index contributed by atoms with van der Waals surface area (Å²) in [7, 11) is 0. The van der Waals surface area contributed by atoms with Crippen molar-refractivity contribution in [3.05, 3.63) is 34.9 Å². The van der Waals surface area contributed by atoms with Crippen LogP contribution in [0.5, 0.6) is 0 Å². The normalized spacial score (nSPS) is 27.1. The SMILES string of the molecule is FC1(F)C[C@H](c2ccc(Cl)cc2)C1(F)F. The highest BCUT2D eigenvalue weighted by atomic mass is 35.5. The predicted molar refractivity (Wildman–Crippen MR) is 48.7 cm³/mol. The van der Waals surface area contributed by atoms with Gasteiger partial charge in [-0.1, -0.05) is 23.7 Å². The molecule has 1 aromatic carbocycles. The average Bonchev–Trinajstić information content (AvgIpc) is 2.16. The molecule has 0 aromatic heterocycles. The van der Waals surface area contributed by atoms with Crippen LogP contribution in [0, 0.1) is 0 Å². The number of halogens is 5. The second kappa shape index (κ2) is 3.11. The molecule has 1 aromatic rings. The van der Waals surface area contributed by atoms with E-state index in [0.717, 1.165) is 0 Å². The highest BCUT2D eigenvalue weighted by Crippen LogP contribution is 2.59. The predicted octanol–water partition coefficient (Wildman–Crippen LogP) is 4.10. The van der Waals surface area contributed by atoms with Crippen molar-refractivity contribution < 1.29 is 17.6 Å². The summed E-state index contributed by atoms with van der Waals surface area (Å²) in [6, 6.07) is 5.55. The van der Waals surface area contributed by atoms with Gasteiger partial charge in [0, 0.05) is 11.4 Å². The van der Waals surface area contributed by atoms with Gasteiger partial charge in [-0.05, 0) is 17.7 Å². The Morgan fingerprint density at radius 2 is 1.60 bits per heavy atom. The fourth-order valence-electron chi connectivity index (χ4n) is 1.67. The Hall–Kier alpha value is -0.770. The first-order valence-corrected chi connectivity index (χ1v) is 4.73. The Morgan fingerprint density at radius 1 is 1.07 bits per heavy atom. The smallest absolute Gasteiger partial charge is 0.200 e. The highest BCUT2D eigenvalue weighted by Gasteiger charge is 2.71. The van der Waals surface area contributed by atoms with E-state index in [1.807, 2.05) is 0 Å². The van der Waals surface area contributed by atoms with Crippen molar-refractivity contribution in [3.63, 3.8) is 0 Å². The van der Waals surface area contributed by atoms with Crippen LogP contribution in [-0.2, 0) is 0 Å². The van der Waals surface area contributed by atoms with Crippen LogP contribution in [0.3, 0.4) is 0 Å². The molecule has 0 heterocycles. The fourth-order valence-corrected chi connectivity index (χ4v) is 1.79. The van der Waals surface area contributed by atoms with Crippen molar-refractivity contribution >= 4 is 11.6 Å². The van der Waals surface area contributed by atoms with Crippen LogP contribution in [-0.4, -0.2) is 11.8 Å². The topological polar surface area (TPSA) is 0 Å². The summed E-state index contributed by atoms with van der Waals surface area (Å²) < 4.78 is 51.1. The Kier molecular flexibility index (Phi) is 2.23. The average molecular weight is 239 g/mol. The van der Waals surface area contributed by atoms with Gasteiger partial charge in [-0.2, -0.15) is 17.6 Å². The Morgan fingerprint density at radius 3 is 2.00 bits per heavy atom. The maximum absolute atomic E-state index is 13.0. The summed E-state index contributed by atoms with van der Waals surface area (Å²) in [5.41, 5.74) is 0.204. The van der Waals surface area contributed by atoms with E-state index in [2.05, 4.69) is 0 Å². The first kappa shape index (κ1) is 10.7. The van der Waals surface area contributed by atoms with Crippen LogP contribution in [0.15, 0.2) is 24.3 Å². The largest absolute Gasteiger partial charge is 0.317 e. The zero-order valence-corrected chi connectivity index (χ0v) is 8.24. The molecule has 5 heteroatoms. The van der Waals surface area contributed by atoms with Gasteiger partial charge in [-0.15, -0.1) is 0 Å². The summed E-state index contributed by atoms with van der Waals surface area (Å²) in [6.45, 7) is 0. The molecule has 0 unspecified atom stereocenters. The van der Waals surface area contributed by atoms with E-state index in [1.54, 1.807) is 0 Å².